The van der Waals surface area contributed by atoms with E-state index in [9.17, 15) is 18.0 Å². The highest BCUT2D eigenvalue weighted by atomic mass is 79.9. The van der Waals surface area contributed by atoms with Crippen molar-refractivity contribution in [3.63, 3.8) is 0 Å². The number of carbonyl (C=O) groups is 2. The van der Waals surface area contributed by atoms with E-state index in [4.69, 9.17) is 4.74 Å². The number of halogens is 1. The summed E-state index contributed by atoms with van der Waals surface area (Å²) in [6.07, 6.45) is 1.91. The normalized spacial score (nSPS) is 11.9. The summed E-state index contributed by atoms with van der Waals surface area (Å²) in [4.78, 5) is 29.2. The fraction of sp³-hybridized carbons (Fsp3) is 0.310. The Morgan fingerprint density at radius 2 is 1.65 bits per heavy atom. The number of nitrogens with zero attached hydrogens (tertiary/aromatic N) is 2. The molecule has 214 valence electrons. The SMILES string of the molecule is CCNC(=O)[C@H](C)N(Cc1ccc(Br)cc1)C(=O)CN(c1ccccc1OCC)S(=O)(=O)c1ccc(SC)cc1. The number of likely N-dealkylation sites (N-methyl/N-ethyl adjacent to an activating group) is 1. The minimum atomic E-state index is -4.19. The predicted octanol–water partition coefficient (Wildman–Crippen LogP) is 5.32. The average molecular weight is 649 g/mol. The van der Waals surface area contributed by atoms with Gasteiger partial charge in [-0.15, -0.1) is 11.8 Å². The molecule has 0 aliphatic heterocycles. The van der Waals surface area contributed by atoms with Gasteiger partial charge < -0.3 is 15.0 Å². The number of amides is 2. The Kier molecular flexibility index (Phi) is 11.5. The lowest BCUT2D eigenvalue weighted by molar-refractivity contribution is -0.139. The third-order valence-electron chi connectivity index (χ3n) is 6.14. The summed E-state index contributed by atoms with van der Waals surface area (Å²) in [5.41, 5.74) is 1.03. The van der Waals surface area contributed by atoms with Gasteiger partial charge >= 0.3 is 0 Å². The van der Waals surface area contributed by atoms with Crippen LogP contribution >= 0.6 is 27.7 Å². The second kappa shape index (κ2) is 14.6. The van der Waals surface area contributed by atoms with Crippen LogP contribution in [0.15, 0.2) is 87.1 Å². The molecule has 0 unspecified atom stereocenters. The number of rotatable bonds is 13. The lowest BCUT2D eigenvalue weighted by Gasteiger charge is -2.32. The van der Waals surface area contributed by atoms with Gasteiger partial charge in [0, 0.05) is 22.5 Å². The molecule has 3 aromatic carbocycles. The second-order valence-electron chi connectivity index (χ2n) is 8.81. The zero-order valence-electron chi connectivity index (χ0n) is 23.0. The number of hydrogen-bond acceptors (Lipinski definition) is 6. The number of carbonyl (C=O) groups excluding carboxylic acids is 2. The Hall–Kier alpha value is -3.02. The van der Waals surface area contributed by atoms with E-state index in [-0.39, 0.29) is 23.0 Å². The molecule has 0 heterocycles. The van der Waals surface area contributed by atoms with Crippen molar-refractivity contribution < 1.29 is 22.7 Å². The smallest absolute Gasteiger partial charge is 0.264 e. The molecule has 1 atom stereocenters. The zero-order chi connectivity index (χ0) is 29.3. The standard InChI is InChI=1S/C29H34BrN3O5S2/c1-5-31-29(35)21(3)32(19-22-11-13-23(30)14-12-22)28(34)20-33(26-9-7-8-10-27(26)38-6-2)40(36,37)25-17-15-24(39-4)16-18-25/h7-18,21H,5-6,19-20H2,1-4H3,(H,31,35)/t21-/m0/s1. The minimum absolute atomic E-state index is 0.0423. The van der Waals surface area contributed by atoms with Crippen molar-refractivity contribution in [2.24, 2.45) is 0 Å². The number of thioether (sulfide) groups is 1. The van der Waals surface area contributed by atoms with E-state index >= 15 is 0 Å². The van der Waals surface area contributed by atoms with Gasteiger partial charge in [-0.2, -0.15) is 0 Å². The third kappa shape index (κ3) is 7.80. The van der Waals surface area contributed by atoms with Crippen LogP contribution < -0.4 is 14.4 Å². The first-order chi connectivity index (χ1) is 19.1. The molecular formula is C29H34BrN3O5S2. The van der Waals surface area contributed by atoms with E-state index in [0.717, 1.165) is 19.2 Å². The Bertz CT molecular complexity index is 1400. The van der Waals surface area contributed by atoms with E-state index in [2.05, 4.69) is 21.2 Å². The highest BCUT2D eigenvalue weighted by molar-refractivity contribution is 9.10. The molecule has 0 bridgehead atoms. The molecule has 0 aliphatic rings. The maximum absolute atomic E-state index is 14.1. The first-order valence-electron chi connectivity index (χ1n) is 12.8. The van der Waals surface area contributed by atoms with Crippen LogP contribution in [0.25, 0.3) is 0 Å². The van der Waals surface area contributed by atoms with Crippen molar-refractivity contribution >= 4 is 55.2 Å². The number of nitrogens with one attached hydrogen (secondary N) is 1. The van der Waals surface area contributed by atoms with Gasteiger partial charge in [-0.1, -0.05) is 40.2 Å². The van der Waals surface area contributed by atoms with E-state index in [1.54, 1.807) is 57.2 Å². The largest absolute Gasteiger partial charge is 0.492 e. The van der Waals surface area contributed by atoms with Crippen LogP contribution in [0.4, 0.5) is 5.69 Å². The van der Waals surface area contributed by atoms with Crippen molar-refractivity contribution in [3.05, 3.63) is 82.8 Å². The summed E-state index contributed by atoms with van der Waals surface area (Å²) in [6, 6.07) is 19.8. The van der Waals surface area contributed by atoms with E-state index < -0.39 is 28.5 Å². The minimum Gasteiger partial charge on any atom is -0.492 e. The molecule has 3 rings (SSSR count). The van der Waals surface area contributed by atoms with Gasteiger partial charge in [0.1, 0.15) is 18.3 Å². The quantitative estimate of drug-likeness (QED) is 0.252. The summed E-state index contributed by atoms with van der Waals surface area (Å²) in [7, 11) is -4.19. The van der Waals surface area contributed by atoms with Crippen molar-refractivity contribution in [1.29, 1.82) is 0 Å². The topological polar surface area (TPSA) is 96.0 Å². The summed E-state index contributed by atoms with van der Waals surface area (Å²) in [6.45, 7) is 5.53. The van der Waals surface area contributed by atoms with Gasteiger partial charge in [-0.3, -0.25) is 13.9 Å². The lowest BCUT2D eigenvalue weighted by Crippen LogP contribution is -2.51. The first kappa shape index (κ1) is 31.5. The van der Waals surface area contributed by atoms with Gasteiger partial charge in [0.05, 0.1) is 17.2 Å². The molecule has 0 aliphatic carbocycles. The van der Waals surface area contributed by atoms with Crippen molar-refractivity contribution in [2.75, 3.05) is 30.3 Å². The number of ether oxygens (including phenoxy) is 1. The molecule has 0 spiro atoms. The van der Waals surface area contributed by atoms with Crippen LogP contribution in [0, 0.1) is 0 Å². The number of benzene rings is 3. The number of para-hydroxylation sites is 2. The van der Waals surface area contributed by atoms with Crippen LogP contribution in [-0.4, -0.2) is 57.1 Å². The molecule has 2 amide bonds. The van der Waals surface area contributed by atoms with E-state index in [1.165, 1.54) is 28.8 Å². The molecule has 3 aromatic rings. The van der Waals surface area contributed by atoms with Gasteiger partial charge in [-0.05, 0) is 81.1 Å². The predicted molar refractivity (Wildman–Crippen MR) is 163 cm³/mol. The molecule has 0 saturated heterocycles. The third-order valence-corrected chi connectivity index (χ3v) is 9.19. The van der Waals surface area contributed by atoms with Crippen LogP contribution in [0.2, 0.25) is 0 Å². The maximum atomic E-state index is 14.1. The van der Waals surface area contributed by atoms with Crippen LogP contribution in [0.3, 0.4) is 0 Å². The molecule has 40 heavy (non-hydrogen) atoms. The van der Waals surface area contributed by atoms with Crippen molar-refractivity contribution in [1.82, 2.24) is 10.2 Å². The second-order valence-corrected chi connectivity index (χ2v) is 12.5. The Morgan fingerprint density at radius 1 is 1.00 bits per heavy atom. The fourth-order valence-electron chi connectivity index (χ4n) is 4.02. The molecule has 0 aromatic heterocycles. The number of anilines is 1. The Morgan fingerprint density at radius 3 is 2.25 bits per heavy atom. The van der Waals surface area contributed by atoms with Gasteiger partial charge in [-0.25, -0.2) is 8.42 Å². The highest BCUT2D eigenvalue weighted by Crippen LogP contribution is 2.33. The summed E-state index contributed by atoms with van der Waals surface area (Å²) >= 11 is 4.91. The average Bonchev–Trinajstić information content (AvgIpc) is 2.95. The molecule has 0 saturated carbocycles. The molecule has 8 nitrogen and oxygen atoms in total. The van der Waals surface area contributed by atoms with Crippen molar-refractivity contribution in [3.8, 4) is 5.75 Å². The Balaban J connectivity index is 2.08. The molecule has 11 heteroatoms. The van der Waals surface area contributed by atoms with Crippen molar-refractivity contribution in [2.45, 2.75) is 43.1 Å². The van der Waals surface area contributed by atoms with Gasteiger partial charge in [0.2, 0.25) is 11.8 Å². The summed E-state index contributed by atoms with van der Waals surface area (Å²) < 4.78 is 35.8. The highest BCUT2D eigenvalue weighted by Gasteiger charge is 2.33. The summed E-state index contributed by atoms with van der Waals surface area (Å²) in [5, 5.41) is 2.76. The number of hydrogen-bond donors (Lipinski definition) is 1. The Labute approximate surface area is 249 Å². The lowest BCUT2D eigenvalue weighted by atomic mass is 10.1. The van der Waals surface area contributed by atoms with Gasteiger partial charge in [0.15, 0.2) is 0 Å². The fourth-order valence-corrected chi connectivity index (χ4v) is 6.12. The van der Waals surface area contributed by atoms with Gasteiger partial charge in [0.25, 0.3) is 10.0 Å². The maximum Gasteiger partial charge on any atom is 0.264 e. The van der Waals surface area contributed by atoms with E-state index in [0.29, 0.717) is 18.9 Å². The molecule has 0 fully saturated rings. The zero-order valence-corrected chi connectivity index (χ0v) is 26.2. The molecule has 0 radical (unpaired) electrons. The summed E-state index contributed by atoms with van der Waals surface area (Å²) in [5.74, 6) is -0.527. The van der Waals surface area contributed by atoms with Crippen LogP contribution in [0.1, 0.15) is 26.3 Å². The first-order valence-corrected chi connectivity index (χ1v) is 16.3. The van der Waals surface area contributed by atoms with E-state index in [1.807, 2.05) is 30.5 Å². The van der Waals surface area contributed by atoms with Crippen LogP contribution in [0.5, 0.6) is 5.75 Å². The van der Waals surface area contributed by atoms with Crippen LogP contribution in [-0.2, 0) is 26.2 Å². The monoisotopic (exact) mass is 647 g/mol. The number of sulfonamides is 1. The molecule has 1 N–H and O–H groups in total. The molecular weight excluding hydrogens is 614 g/mol.